The average Bonchev–Trinajstić information content (AvgIpc) is 2.92. The normalized spacial score (nSPS) is 13.0. The minimum absolute atomic E-state index is 0.0927. The van der Waals surface area contributed by atoms with Crippen LogP contribution in [0.5, 0.6) is 0 Å². The Labute approximate surface area is 154 Å². The molecule has 1 heterocycles. The third-order valence-electron chi connectivity index (χ3n) is 4.22. The second-order valence-corrected chi connectivity index (χ2v) is 6.35. The molecule has 6 heteroatoms. The molecule has 0 unspecified atom stereocenters. The molecular formula is C20H14ClN3O2. The maximum Gasteiger partial charge on any atom is 0.260 e. The number of carbonyl (C=O) groups is 2. The van der Waals surface area contributed by atoms with Gasteiger partial charge in [-0.1, -0.05) is 48.0 Å². The number of anilines is 1. The molecular weight excluding hydrogens is 350 g/mol. The highest BCUT2D eigenvalue weighted by atomic mass is 35.5. The van der Waals surface area contributed by atoms with E-state index >= 15 is 0 Å². The highest BCUT2D eigenvalue weighted by Crippen LogP contribution is 2.36. The van der Waals surface area contributed by atoms with Gasteiger partial charge in [-0.2, -0.15) is 5.10 Å². The van der Waals surface area contributed by atoms with E-state index < -0.39 is 0 Å². The summed E-state index contributed by atoms with van der Waals surface area (Å²) in [6, 6.07) is 18.3. The number of halogens is 1. The van der Waals surface area contributed by atoms with Crippen molar-refractivity contribution >= 4 is 46.1 Å². The van der Waals surface area contributed by atoms with E-state index in [0.717, 1.165) is 22.0 Å². The van der Waals surface area contributed by atoms with Crippen LogP contribution in [-0.4, -0.2) is 24.6 Å². The molecule has 0 saturated heterocycles. The van der Waals surface area contributed by atoms with Gasteiger partial charge in [0.25, 0.3) is 11.8 Å². The highest BCUT2D eigenvalue weighted by molar-refractivity contribution is 6.30. The van der Waals surface area contributed by atoms with Gasteiger partial charge in [0.2, 0.25) is 0 Å². The van der Waals surface area contributed by atoms with Gasteiger partial charge in [-0.3, -0.25) is 14.5 Å². The van der Waals surface area contributed by atoms with Gasteiger partial charge in [-0.05, 0) is 35.2 Å². The van der Waals surface area contributed by atoms with Gasteiger partial charge in [-0.25, -0.2) is 5.43 Å². The first-order chi connectivity index (χ1) is 12.6. The van der Waals surface area contributed by atoms with Crippen LogP contribution in [0.25, 0.3) is 10.8 Å². The Morgan fingerprint density at radius 2 is 1.81 bits per heavy atom. The van der Waals surface area contributed by atoms with Crippen molar-refractivity contribution in [1.29, 1.82) is 0 Å². The lowest BCUT2D eigenvalue weighted by molar-refractivity contribution is -0.119. The fraction of sp³-hybridized carbons (Fsp3) is 0.0500. The number of amides is 2. The van der Waals surface area contributed by atoms with E-state index in [1.54, 1.807) is 30.3 Å². The smallest absolute Gasteiger partial charge is 0.260 e. The van der Waals surface area contributed by atoms with Crippen molar-refractivity contribution in [3.63, 3.8) is 0 Å². The van der Waals surface area contributed by atoms with Crippen LogP contribution in [0.1, 0.15) is 15.9 Å². The number of rotatable bonds is 4. The maximum absolute atomic E-state index is 12.6. The maximum atomic E-state index is 12.6. The number of benzene rings is 3. The average molecular weight is 364 g/mol. The minimum atomic E-state index is -0.367. The largest absolute Gasteiger partial charge is 0.298 e. The van der Waals surface area contributed by atoms with Crippen molar-refractivity contribution in [2.24, 2.45) is 5.10 Å². The van der Waals surface area contributed by atoms with Crippen molar-refractivity contribution in [3.05, 3.63) is 76.8 Å². The summed E-state index contributed by atoms with van der Waals surface area (Å²) >= 11 is 5.82. The van der Waals surface area contributed by atoms with Crippen LogP contribution in [-0.2, 0) is 4.79 Å². The van der Waals surface area contributed by atoms with E-state index in [0.29, 0.717) is 10.6 Å². The Hall–Kier alpha value is -3.18. The molecule has 0 atom stereocenters. The molecule has 3 aromatic rings. The fourth-order valence-corrected chi connectivity index (χ4v) is 3.17. The molecule has 1 aliphatic heterocycles. The van der Waals surface area contributed by atoms with E-state index in [1.807, 2.05) is 30.3 Å². The lowest BCUT2D eigenvalue weighted by Crippen LogP contribution is -2.37. The quantitative estimate of drug-likeness (QED) is 0.568. The third kappa shape index (κ3) is 2.93. The lowest BCUT2D eigenvalue weighted by atomic mass is 10.1. The molecule has 26 heavy (non-hydrogen) atoms. The summed E-state index contributed by atoms with van der Waals surface area (Å²) in [4.78, 5) is 26.3. The predicted octanol–water partition coefficient (Wildman–Crippen LogP) is 3.60. The van der Waals surface area contributed by atoms with E-state index in [9.17, 15) is 9.59 Å². The summed E-state index contributed by atoms with van der Waals surface area (Å²) in [5, 5.41) is 6.43. The zero-order valence-electron chi connectivity index (χ0n) is 13.6. The summed E-state index contributed by atoms with van der Waals surface area (Å²) in [7, 11) is 0. The molecule has 0 spiro atoms. The van der Waals surface area contributed by atoms with Crippen LogP contribution in [0.15, 0.2) is 65.8 Å². The first kappa shape index (κ1) is 16.3. The Morgan fingerprint density at radius 3 is 2.58 bits per heavy atom. The number of hydrazone groups is 1. The zero-order valence-corrected chi connectivity index (χ0v) is 14.4. The van der Waals surface area contributed by atoms with Crippen molar-refractivity contribution < 1.29 is 9.59 Å². The number of hydrogen-bond donors (Lipinski definition) is 1. The predicted molar refractivity (Wildman–Crippen MR) is 103 cm³/mol. The van der Waals surface area contributed by atoms with Crippen molar-refractivity contribution in [2.75, 3.05) is 11.4 Å². The van der Waals surface area contributed by atoms with Gasteiger partial charge < -0.3 is 0 Å². The molecule has 0 radical (unpaired) electrons. The van der Waals surface area contributed by atoms with Crippen LogP contribution in [0.2, 0.25) is 5.02 Å². The second-order valence-electron chi connectivity index (χ2n) is 5.92. The molecule has 2 amide bonds. The van der Waals surface area contributed by atoms with Crippen molar-refractivity contribution in [3.8, 4) is 0 Å². The molecule has 3 aromatic carbocycles. The summed E-state index contributed by atoms with van der Waals surface area (Å²) < 4.78 is 0. The van der Waals surface area contributed by atoms with Gasteiger partial charge in [0.1, 0.15) is 6.54 Å². The summed E-state index contributed by atoms with van der Waals surface area (Å²) in [6.45, 7) is -0.0927. The monoisotopic (exact) mass is 363 g/mol. The Kier molecular flexibility index (Phi) is 4.14. The molecule has 128 valence electrons. The third-order valence-corrected chi connectivity index (χ3v) is 4.48. The van der Waals surface area contributed by atoms with E-state index in [-0.39, 0.29) is 18.4 Å². The molecule has 0 fully saturated rings. The number of nitrogens with one attached hydrogen (secondary N) is 1. The Bertz CT molecular complexity index is 1040. The van der Waals surface area contributed by atoms with Crippen LogP contribution in [0.3, 0.4) is 0 Å². The Balaban J connectivity index is 1.48. The van der Waals surface area contributed by atoms with Gasteiger partial charge in [-0.15, -0.1) is 0 Å². The van der Waals surface area contributed by atoms with Crippen molar-refractivity contribution in [1.82, 2.24) is 5.43 Å². The Morgan fingerprint density at radius 1 is 1.08 bits per heavy atom. The molecule has 0 aliphatic carbocycles. The SMILES string of the molecule is O=C(CN1C(=O)c2cccc3cccc1c23)N/N=C/c1ccc(Cl)cc1. The summed E-state index contributed by atoms with van der Waals surface area (Å²) in [5.74, 6) is -0.540. The first-order valence-corrected chi connectivity index (χ1v) is 8.42. The zero-order chi connectivity index (χ0) is 18.1. The van der Waals surface area contributed by atoms with Crippen LogP contribution in [0, 0.1) is 0 Å². The number of hydrogen-bond acceptors (Lipinski definition) is 3. The van der Waals surface area contributed by atoms with E-state index in [4.69, 9.17) is 11.6 Å². The second kappa shape index (κ2) is 6.61. The molecule has 1 aliphatic rings. The molecule has 0 bridgehead atoms. The lowest BCUT2D eigenvalue weighted by Gasteiger charge is -2.16. The summed E-state index contributed by atoms with van der Waals surface area (Å²) in [6.07, 6.45) is 1.52. The van der Waals surface area contributed by atoms with Crippen LogP contribution < -0.4 is 10.3 Å². The number of nitrogens with zero attached hydrogens (tertiary/aromatic N) is 2. The minimum Gasteiger partial charge on any atom is -0.298 e. The van der Waals surface area contributed by atoms with E-state index in [2.05, 4.69) is 10.5 Å². The molecule has 1 N–H and O–H groups in total. The molecule has 0 saturated carbocycles. The van der Waals surface area contributed by atoms with Gasteiger partial charge in [0, 0.05) is 16.0 Å². The summed E-state index contributed by atoms with van der Waals surface area (Å²) in [5.41, 5.74) is 4.64. The standard InChI is InChI=1S/C20H14ClN3O2/c21-15-9-7-13(8-10-15)11-22-23-18(25)12-24-17-6-2-4-14-3-1-5-16(19(14)17)20(24)26/h1-11H,12H2,(H,23,25)/b22-11+. The fourth-order valence-electron chi connectivity index (χ4n) is 3.04. The van der Waals surface area contributed by atoms with Gasteiger partial charge in [0.15, 0.2) is 0 Å². The topological polar surface area (TPSA) is 61.8 Å². The first-order valence-electron chi connectivity index (χ1n) is 8.04. The molecule has 4 rings (SSSR count). The van der Waals surface area contributed by atoms with Crippen LogP contribution >= 0.6 is 11.6 Å². The van der Waals surface area contributed by atoms with Gasteiger partial charge >= 0.3 is 0 Å². The molecule has 5 nitrogen and oxygen atoms in total. The van der Waals surface area contributed by atoms with Crippen LogP contribution in [0.4, 0.5) is 5.69 Å². The highest BCUT2D eigenvalue weighted by Gasteiger charge is 2.30. The molecule has 0 aromatic heterocycles. The van der Waals surface area contributed by atoms with Crippen molar-refractivity contribution in [2.45, 2.75) is 0 Å². The van der Waals surface area contributed by atoms with Gasteiger partial charge in [0.05, 0.1) is 11.9 Å². The van der Waals surface area contributed by atoms with E-state index in [1.165, 1.54) is 11.1 Å². The number of carbonyl (C=O) groups excluding carboxylic acids is 2.